The molecule has 1 saturated heterocycles. The molecule has 6 heteroatoms. The third kappa shape index (κ3) is 4.70. The van der Waals surface area contributed by atoms with Gasteiger partial charge in [0.1, 0.15) is 0 Å². The van der Waals surface area contributed by atoms with E-state index in [4.69, 9.17) is 0 Å². The first-order valence-electron chi connectivity index (χ1n) is 10.9. The number of carbonyl (C=O) groups is 1. The average molecular weight is 398 g/mol. The Morgan fingerprint density at radius 1 is 1.14 bits per heavy atom. The minimum Gasteiger partial charge on any atom is -0.389 e. The van der Waals surface area contributed by atoms with Crippen LogP contribution in [-0.4, -0.2) is 33.8 Å². The van der Waals surface area contributed by atoms with Gasteiger partial charge in [-0.3, -0.25) is 9.59 Å². The SMILES string of the molecule is O=C(CC1(O)CCCCCC1)Nc1cccc2c(=O)n(C[C@H]3CCCN3)ccc12. The smallest absolute Gasteiger partial charge is 0.258 e. The van der Waals surface area contributed by atoms with E-state index in [2.05, 4.69) is 10.6 Å². The summed E-state index contributed by atoms with van der Waals surface area (Å²) in [6, 6.07) is 7.68. The molecule has 1 aromatic carbocycles. The topological polar surface area (TPSA) is 83.4 Å². The van der Waals surface area contributed by atoms with E-state index in [0.29, 0.717) is 36.5 Å². The fourth-order valence-corrected chi connectivity index (χ4v) is 4.78. The van der Waals surface area contributed by atoms with Crippen LogP contribution in [0.25, 0.3) is 10.8 Å². The Morgan fingerprint density at radius 3 is 2.66 bits per heavy atom. The highest BCUT2D eigenvalue weighted by Gasteiger charge is 2.30. The van der Waals surface area contributed by atoms with Gasteiger partial charge in [0.2, 0.25) is 5.91 Å². The number of benzene rings is 1. The summed E-state index contributed by atoms with van der Waals surface area (Å²) in [4.78, 5) is 25.6. The Kier molecular flexibility index (Phi) is 6.01. The van der Waals surface area contributed by atoms with Crippen LogP contribution >= 0.6 is 0 Å². The standard InChI is InChI=1S/C23H31N3O3/c27-21(15-23(29)11-3-1-2-4-12-23)25-20-9-5-8-19-18(20)10-14-26(22(19)28)16-17-7-6-13-24-17/h5,8-10,14,17,24,29H,1-4,6-7,11-13,15-16H2,(H,25,27)/t17-/m1/s1. The summed E-state index contributed by atoms with van der Waals surface area (Å²) in [5.74, 6) is -0.193. The molecular weight excluding hydrogens is 366 g/mol. The second kappa shape index (κ2) is 8.67. The number of pyridine rings is 1. The van der Waals surface area contributed by atoms with Gasteiger partial charge in [0.25, 0.3) is 5.56 Å². The van der Waals surface area contributed by atoms with Gasteiger partial charge in [-0.15, -0.1) is 0 Å². The number of hydrogen-bond acceptors (Lipinski definition) is 4. The van der Waals surface area contributed by atoms with Crippen molar-refractivity contribution in [1.29, 1.82) is 0 Å². The number of nitrogens with one attached hydrogen (secondary N) is 2. The number of fused-ring (bicyclic) bond motifs is 1. The number of hydrogen-bond donors (Lipinski definition) is 3. The van der Waals surface area contributed by atoms with Gasteiger partial charge in [-0.1, -0.05) is 31.7 Å². The second-order valence-corrected chi connectivity index (χ2v) is 8.70. The largest absolute Gasteiger partial charge is 0.389 e. The maximum absolute atomic E-state index is 12.9. The zero-order valence-corrected chi connectivity index (χ0v) is 17.0. The fourth-order valence-electron chi connectivity index (χ4n) is 4.78. The molecule has 1 aromatic heterocycles. The van der Waals surface area contributed by atoms with E-state index in [0.717, 1.165) is 50.5 Å². The first-order valence-corrected chi connectivity index (χ1v) is 10.9. The third-order valence-electron chi connectivity index (χ3n) is 6.40. The number of amides is 1. The van der Waals surface area contributed by atoms with Crippen molar-refractivity contribution in [3.8, 4) is 0 Å². The number of nitrogens with zero attached hydrogens (tertiary/aromatic N) is 1. The lowest BCUT2D eigenvalue weighted by atomic mass is 9.90. The van der Waals surface area contributed by atoms with Gasteiger partial charge in [0.05, 0.1) is 12.0 Å². The molecule has 1 aliphatic carbocycles. The van der Waals surface area contributed by atoms with Crippen LogP contribution in [0.2, 0.25) is 0 Å². The lowest BCUT2D eigenvalue weighted by Gasteiger charge is -2.26. The van der Waals surface area contributed by atoms with Crippen LogP contribution in [0.4, 0.5) is 5.69 Å². The molecule has 4 rings (SSSR count). The highest BCUT2D eigenvalue weighted by atomic mass is 16.3. The van der Waals surface area contributed by atoms with Gasteiger partial charge >= 0.3 is 0 Å². The minimum atomic E-state index is -0.911. The van der Waals surface area contributed by atoms with E-state index >= 15 is 0 Å². The van der Waals surface area contributed by atoms with Crippen LogP contribution in [0, 0.1) is 0 Å². The zero-order chi connectivity index (χ0) is 20.3. The number of carbonyl (C=O) groups excluding carboxylic acids is 1. The van der Waals surface area contributed by atoms with Crippen molar-refractivity contribution in [3.63, 3.8) is 0 Å². The average Bonchev–Trinajstić information content (AvgIpc) is 3.11. The molecule has 0 unspecified atom stereocenters. The lowest BCUT2D eigenvalue weighted by Crippen LogP contribution is -2.33. The normalized spacial score (nSPS) is 21.8. The van der Waals surface area contributed by atoms with Gasteiger partial charge < -0.3 is 20.3 Å². The Morgan fingerprint density at radius 2 is 1.93 bits per heavy atom. The van der Waals surface area contributed by atoms with E-state index in [1.54, 1.807) is 10.6 Å². The number of anilines is 1. The van der Waals surface area contributed by atoms with Crippen LogP contribution in [0.15, 0.2) is 35.3 Å². The van der Waals surface area contributed by atoms with Crippen LogP contribution in [0.3, 0.4) is 0 Å². The summed E-state index contributed by atoms with van der Waals surface area (Å²) in [6.45, 7) is 1.67. The molecule has 6 nitrogen and oxygen atoms in total. The Balaban J connectivity index is 1.52. The highest BCUT2D eigenvalue weighted by Crippen LogP contribution is 2.30. The number of aromatic nitrogens is 1. The monoisotopic (exact) mass is 397 g/mol. The first kappa shape index (κ1) is 20.1. The molecule has 1 aliphatic heterocycles. The van der Waals surface area contributed by atoms with E-state index in [9.17, 15) is 14.7 Å². The molecule has 1 amide bonds. The van der Waals surface area contributed by atoms with Gasteiger partial charge in [0, 0.05) is 35.2 Å². The Hall–Kier alpha value is -2.18. The van der Waals surface area contributed by atoms with E-state index in [1.165, 1.54) is 0 Å². The molecule has 156 valence electrons. The number of aliphatic hydroxyl groups is 1. The summed E-state index contributed by atoms with van der Waals surface area (Å²) in [6.07, 6.45) is 9.68. The Bertz CT molecular complexity index is 923. The third-order valence-corrected chi connectivity index (χ3v) is 6.40. The van der Waals surface area contributed by atoms with Crippen LogP contribution in [0.5, 0.6) is 0 Å². The molecule has 2 aromatic rings. The quantitative estimate of drug-likeness (QED) is 0.677. The fraction of sp³-hybridized carbons (Fsp3) is 0.565. The highest BCUT2D eigenvalue weighted by molar-refractivity contribution is 6.02. The van der Waals surface area contributed by atoms with Gasteiger partial charge in [-0.25, -0.2) is 0 Å². The summed E-state index contributed by atoms with van der Waals surface area (Å²) in [7, 11) is 0. The van der Waals surface area contributed by atoms with Crippen molar-refractivity contribution in [3.05, 3.63) is 40.8 Å². The summed E-state index contributed by atoms with van der Waals surface area (Å²) in [5.41, 5.74) is -0.311. The van der Waals surface area contributed by atoms with Crippen molar-refractivity contribution in [2.45, 2.75) is 76.0 Å². The number of rotatable bonds is 5. The van der Waals surface area contributed by atoms with Gasteiger partial charge in [0.15, 0.2) is 0 Å². The molecule has 2 heterocycles. The van der Waals surface area contributed by atoms with Crippen molar-refractivity contribution < 1.29 is 9.90 Å². The zero-order valence-electron chi connectivity index (χ0n) is 17.0. The van der Waals surface area contributed by atoms with Crippen molar-refractivity contribution in [2.24, 2.45) is 0 Å². The first-order chi connectivity index (χ1) is 14.0. The summed E-state index contributed by atoms with van der Waals surface area (Å²) < 4.78 is 1.76. The summed E-state index contributed by atoms with van der Waals surface area (Å²) >= 11 is 0. The van der Waals surface area contributed by atoms with Crippen molar-refractivity contribution >= 4 is 22.4 Å². The summed E-state index contributed by atoms with van der Waals surface area (Å²) in [5, 5.41) is 18.5. The molecule has 29 heavy (non-hydrogen) atoms. The van der Waals surface area contributed by atoms with Crippen LogP contribution < -0.4 is 16.2 Å². The Labute approximate surface area is 171 Å². The van der Waals surface area contributed by atoms with Crippen LogP contribution in [0.1, 0.15) is 57.8 Å². The predicted molar refractivity (Wildman–Crippen MR) is 115 cm³/mol. The molecule has 0 bridgehead atoms. The minimum absolute atomic E-state index is 0.0327. The molecular formula is C23H31N3O3. The molecule has 0 radical (unpaired) electrons. The van der Waals surface area contributed by atoms with E-state index in [-0.39, 0.29) is 17.9 Å². The molecule has 3 N–H and O–H groups in total. The van der Waals surface area contributed by atoms with E-state index in [1.807, 2.05) is 24.4 Å². The molecule has 1 saturated carbocycles. The lowest BCUT2D eigenvalue weighted by molar-refractivity contribution is -0.121. The van der Waals surface area contributed by atoms with Crippen molar-refractivity contribution in [2.75, 3.05) is 11.9 Å². The molecule has 1 atom stereocenters. The van der Waals surface area contributed by atoms with Crippen molar-refractivity contribution in [1.82, 2.24) is 9.88 Å². The second-order valence-electron chi connectivity index (χ2n) is 8.70. The molecule has 2 fully saturated rings. The van der Waals surface area contributed by atoms with Crippen LogP contribution in [-0.2, 0) is 11.3 Å². The molecule has 0 spiro atoms. The predicted octanol–water partition coefficient (Wildman–Crippen LogP) is 3.17. The maximum Gasteiger partial charge on any atom is 0.258 e. The van der Waals surface area contributed by atoms with Gasteiger partial charge in [-0.05, 0) is 50.4 Å². The molecule has 2 aliphatic rings. The van der Waals surface area contributed by atoms with Gasteiger partial charge in [-0.2, -0.15) is 0 Å². The van der Waals surface area contributed by atoms with E-state index < -0.39 is 5.60 Å². The maximum atomic E-state index is 12.9.